The van der Waals surface area contributed by atoms with Gasteiger partial charge in [0.25, 0.3) is 0 Å². The molecule has 2 amide bonds. The largest absolute Gasteiger partial charge is 0.326 e. The summed E-state index contributed by atoms with van der Waals surface area (Å²) >= 11 is 2.65. The van der Waals surface area contributed by atoms with Crippen LogP contribution in [0, 0.1) is 5.82 Å². The lowest BCUT2D eigenvalue weighted by atomic mass is 10.1. The van der Waals surface area contributed by atoms with E-state index < -0.39 is 0 Å². The molecular formula is C21H18FN3O3S2. The fourth-order valence-corrected chi connectivity index (χ4v) is 4.23. The molecule has 0 unspecified atom stereocenters. The van der Waals surface area contributed by atoms with Crippen LogP contribution in [0.2, 0.25) is 0 Å². The fourth-order valence-electron chi connectivity index (χ4n) is 2.49. The Morgan fingerprint density at radius 2 is 1.63 bits per heavy atom. The van der Waals surface area contributed by atoms with E-state index in [0.29, 0.717) is 27.0 Å². The lowest BCUT2D eigenvalue weighted by Crippen LogP contribution is -2.14. The van der Waals surface area contributed by atoms with Gasteiger partial charge in [0.1, 0.15) is 5.82 Å². The number of nitrogens with zero attached hydrogens (tertiary/aromatic N) is 1. The maximum absolute atomic E-state index is 12.9. The summed E-state index contributed by atoms with van der Waals surface area (Å²) in [6, 6.07) is 12.2. The van der Waals surface area contributed by atoms with Crippen molar-refractivity contribution in [1.29, 1.82) is 0 Å². The molecule has 30 heavy (non-hydrogen) atoms. The van der Waals surface area contributed by atoms with Gasteiger partial charge in [0, 0.05) is 29.2 Å². The highest BCUT2D eigenvalue weighted by molar-refractivity contribution is 8.01. The zero-order valence-electron chi connectivity index (χ0n) is 16.0. The van der Waals surface area contributed by atoms with Crippen molar-refractivity contribution >= 4 is 52.1 Å². The number of hydrogen-bond donors (Lipinski definition) is 2. The van der Waals surface area contributed by atoms with Gasteiger partial charge in [0.05, 0.1) is 17.9 Å². The van der Waals surface area contributed by atoms with Crippen molar-refractivity contribution in [2.45, 2.75) is 17.7 Å². The second kappa shape index (κ2) is 10.1. The lowest BCUT2D eigenvalue weighted by molar-refractivity contribution is -0.116. The Morgan fingerprint density at radius 1 is 1.00 bits per heavy atom. The van der Waals surface area contributed by atoms with Gasteiger partial charge < -0.3 is 10.6 Å². The number of thiazole rings is 1. The highest BCUT2D eigenvalue weighted by Gasteiger charge is 2.11. The first kappa shape index (κ1) is 21.7. The van der Waals surface area contributed by atoms with Gasteiger partial charge >= 0.3 is 0 Å². The second-order valence-corrected chi connectivity index (χ2v) is 8.39. The van der Waals surface area contributed by atoms with E-state index in [9.17, 15) is 18.8 Å². The number of Topliss-reactive ketones (excluding diaryl/α,β-unsaturated/α-hetero) is 1. The first-order valence-corrected chi connectivity index (χ1v) is 10.8. The van der Waals surface area contributed by atoms with Crippen molar-refractivity contribution in [1.82, 2.24) is 4.98 Å². The van der Waals surface area contributed by atoms with Crippen molar-refractivity contribution in [2.75, 3.05) is 16.4 Å². The molecule has 0 aliphatic heterocycles. The van der Waals surface area contributed by atoms with Gasteiger partial charge in [0.15, 0.2) is 10.1 Å². The number of carbonyl (C=O) groups excluding carboxylic acids is 3. The topological polar surface area (TPSA) is 88.2 Å². The molecule has 3 rings (SSSR count). The van der Waals surface area contributed by atoms with Crippen molar-refractivity contribution in [3.05, 3.63) is 71.0 Å². The van der Waals surface area contributed by atoms with Crippen LogP contribution in [0.3, 0.4) is 0 Å². The lowest BCUT2D eigenvalue weighted by Gasteiger charge is -2.06. The maximum atomic E-state index is 12.9. The molecule has 0 aliphatic carbocycles. The van der Waals surface area contributed by atoms with Crippen LogP contribution in [-0.2, 0) is 16.0 Å². The summed E-state index contributed by atoms with van der Waals surface area (Å²) in [6.07, 6.45) is 0.108. The van der Waals surface area contributed by atoms with E-state index in [4.69, 9.17) is 0 Å². The zero-order chi connectivity index (χ0) is 21.5. The quantitative estimate of drug-likeness (QED) is 0.398. The Bertz CT molecular complexity index is 1050. The molecular weight excluding hydrogens is 425 g/mol. The summed E-state index contributed by atoms with van der Waals surface area (Å²) in [6.45, 7) is 1.43. The normalized spacial score (nSPS) is 10.5. The van der Waals surface area contributed by atoms with Gasteiger partial charge in [-0.2, -0.15) is 0 Å². The Hall–Kier alpha value is -3.04. The second-order valence-electron chi connectivity index (χ2n) is 6.31. The number of amides is 2. The summed E-state index contributed by atoms with van der Waals surface area (Å²) in [4.78, 5) is 39.8. The van der Waals surface area contributed by atoms with Crippen LogP contribution < -0.4 is 10.6 Å². The molecule has 0 radical (unpaired) electrons. The molecule has 0 saturated carbocycles. The van der Waals surface area contributed by atoms with Gasteiger partial charge in [-0.3, -0.25) is 14.4 Å². The monoisotopic (exact) mass is 443 g/mol. The highest BCUT2D eigenvalue weighted by Crippen LogP contribution is 2.24. The van der Waals surface area contributed by atoms with Gasteiger partial charge in [-0.15, -0.1) is 11.3 Å². The third-order valence-corrected chi connectivity index (χ3v) is 5.92. The number of benzene rings is 2. The standard InChI is InChI=1S/C21H18FN3O3S2/c1-13(26)23-16-6-8-17(9-7-16)24-20(28)10-18-11-29-21(25-18)30-12-19(27)14-2-4-15(22)5-3-14/h2-9,11H,10,12H2,1H3,(H,23,26)(H,24,28). The van der Waals surface area contributed by atoms with Crippen LogP contribution in [0.15, 0.2) is 58.3 Å². The predicted molar refractivity (Wildman–Crippen MR) is 117 cm³/mol. The molecule has 2 N–H and O–H groups in total. The number of anilines is 2. The van der Waals surface area contributed by atoms with E-state index in [1.165, 1.54) is 54.3 Å². The van der Waals surface area contributed by atoms with Crippen molar-refractivity contribution < 1.29 is 18.8 Å². The van der Waals surface area contributed by atoms with Crippen molar-refractivity contribution in [2.24, 2.45) is 0 Å². The summed E-state index contributed by atoms with van der Waals surface area (Å²) in [7, 11) is 0. The molecule has 154 valence electrons. The Labute approximate surface area is 180 Å². The maximum Gasteiger partial charge on any atom is 0.230 e. The van der Waals surface area contributed by atoms with Crippen LogP contribution in [0.5, 0.6) is 0 Å². The molecule has 6 nitrogen and oxygen atoms in total. The smallest absolute Gasteiger partial charge is 0.230 e. The average molecular weight is 444 g/mol. The van der Waals surface area contributed by atoms with Crippen LogP contribution in [-0.4, -0.2) is 28.3 Å². The first-order chi connectivity index (χ1) is 14.4. The zero-order valence-corrected chi connectivity index (χ0v) is 17.6. The fraction of sp³-hybridized carbons (Fsp3) is 0.143. The minimum Gasteiger partial charge on any atom is -0.326 e. The molecule has 0 spiro atoms. The van der Waals surface area contributed by atoms with Gasteiger partial charge in [-0.1, -0.05) is 11.8 Å². The number of thioether (sulfide) groups is 1. The molecule has 2 aromatic carbocycles. The van der Waals surface area contributed by atoms with Gasteiger partial charge in [-0.25, -0.2) is 9.37 Å². The number of ketones is 1. The third-order valence-electron chi connectivity index (χ3n) is 3.85. The van der Waals surface area contributed by atoms with E-state index in [1.807, 2.05) is 0 Å². The molecule has 0 fully saturated rings. The number of rotatable bonds is 8. The number of carbonyl (C=O) groups is 3. The predicted octanol–water partition coefficient (Wildman–Crippen LogP) is 4.40. The van der Waals surface area contributed by atoms with E-state index in [0.717, 1.165) is 0 Å². The Kier molecular flexibility index (Phi) is 7.31. The third kappa shape index (κ3) is 6.50. The Balaban J connectivity index is 1.48. The summed E-state index contributed by atoms with van der Waals surface area (Å²) in [5, 5.41) is 7.22. The summed E-state index contributed by atoms with van der Waals surface area (Å²) in [5.41, 5.74) is 2.33. The SMILES string of the molecule is CC(=O)Nc1ccc(NC(=O)Cc2csc(SCC(=O)c3ccc(F)cc3)n2)cc1. The van der Waals surface area contributed by atoms with Crippen LogP contribution in [0.4, 0.5) is 15.8 Å². The molecule has 9 heteroatoms. The van der Waals surface area contributed by atoms with E-state index in [-0.39, 0.29) is 35.6 Å². The van der Waals surface area contributed by atoms with Gasteiger partial charge in [0.2, 0.25) is 11.8 Å². The van der Waals surface area contributed by atoms with Crippen molar-refractivity contribution in [3.63, 3.8) is 0 Å². The van der Waals surface area contributed by atoms with Crippen LogP contribution in [0.1, 0.15) is 23.0 Å². The van der Waals surface area contributed by atoms with E-state index >= 15 is 0 Å². The van der Waals surface area contributed by atoms with Crippen LogP contribution >= 0.6 is 23.1 Å². The number of halogens is 1. The number of nitrogens with one attached hydrogen (secondary N) is 2. The number of aromatic nitrogens is 1. The molecule has 0 saturated heterocycles. The Morgan fingerprint density at radius 3 is 2.27 bits per heavy atom. The van der Waals surface area contributed by atoms with Gasteiger partial charge in [-0.05, 0) is 48.5 Å². The molecule has 1 heterocycles. The average Bonchev–Trinajstić information content (AvgIpc) is 3.15. The molecule has 0 bridgehead atoms. The summed E-state index contributed by atoms with van der Waals surface area (Å²) in [5.74, 6) is -0.691. The first-order valence-electron chi connectivity index (χ1n) is 8.92. The molecule has 3 aromatic rings. The molecule has 0 atom stereocenters. The van der Waals surface area contributed by atoms with E-state index in [1.54, 1.807) is 29.6 Å². The summed E-state index contributed by atoms with van der Waals surface area (Å²) < 4.78 is 13.6. The highest BCUT2D eigenvalue weighted by atomic mass is 32.2. The molecule has 0 aliphatic rings. The van der Waals surface area contributed by atoms with Crippen LogP contribution in [0.25, 0.3) is 0 Å². The minimum atomic E-state index is -0.384. The number of hydrogen-bond acceptors (Lipinski definition) is 6. The van der Waals surface area contributed by atoms with Crippen molar-refractivity contribution in [3.8, 4) is 0 Å². The van der Waals surface area contributed by atoms with E-state index in [2.05, 4.69) is 15.6 Å². The minimum absolute atomic E-state index is 0.108. The molecule has 1 aromatic heterocycles.